The molecule has 0 aliphatic heterocycles. The zero-order valence-corrected chi connectivity index (χ0v) is 32.5. The molecule has 1 aliphatic carbocycles. The number of nitrogens with zero attached hydrogens (tertiary/aromatic N) is 1. The zero-order valence-electron chi connectivity index (χ0n) is 32.5. The van der Waals surface area contributed by atoms with Gasteiger partial charge in [-0.15, -0.1) is 0 Å². The van der Waals surface area contributed by atoms with Crippen LogP contribution in [0.25, 0.3) is 104 Å². The predicted octanol–water partition coefficient (Wildman–Crippen LogP) is 15.6. The number of para-hydroxylation sites is 2. The van der Waals surface area contributed by atoms with Crippen LogP contribution in [0.2, 0.25) is 0 Å². The van der Waals surface area contributed by atoms with E-state index >= 15 is 0 Å². The molecule has 0 saturated carbocycles. The largest absolute Gasteiger partial charge is 0.309 e. The molecule has 0 amide bonds. The Kier molecular flexibility index (Phi) is 7.04. The Morgan fingerprint density at radius 3 is 1.45 bits per heavy atom. The van der Waals surface area contributed by atoms with Gasteiger partial charge in [-0.2, -0.15) is 0 Å². The SMILES string of the molecule is CC1(C)c2cc3ccccc3cc2-c2cccc(-c3ccc(-c4c5ccccc5c(-c5cccc(-n6c7ccccc7c7ccccc76)c5)c5ccccc45)cc3)c21. The van der Waals surface area contributed by atoms with Crippen molar-refractivity contribution >= 4 is 54.1 Å². The molecule has 0 fully saturated rings. The Hall–Kier alpha value is -7.22. The van der Waals surface area contributed by atoms with Gasteiger partial charge in [0.15, 0.2) is 0 Å². The van der Waals surface area contributed by atoms with Crippen LogP contribution in [-0.2, 0) is 5.41 Å². The second kappa shape index (κ2) is 12.4. The minimum atomic E-state index is -0.120. The molecule has 11 aromatic rings. The molecule has 1 heterocycles. The fourth-order valence-electron chi connectivity index (χ4n) is 10.4. The first-order valence-electron chi connectivity index (χ1n) is 20.3. The van der Waals surface area contributed by atoms with Gasteiger partial charge in [-0.05, 0) is 124 Å². The highest BCUT2D eigenvalue weighted by molar-refractivity contribution is 6.21. The molecule has 0 spiro atoms. The topological polar surface area (TPSA) is 4.93 Å². The third kappa shape index (κ3) is 4.71. The van der Waals surface area contributed by atoms with Gasteiger partial charge < -0.3 is 4.57 Å². The molecule has 272 valence electrons. The monoisotopic (exact) mass is 737 g/mol. The van der Waals surface area contributed by atoms with Crippen molar-refractivity contribution in [2.24, 2.45) is 0 Å². The molecule has 10 aromatic carbocycles. The first-order chi connectivity index (χ1) is 28.5. The van der Waals surface area contributed by atoms with Gasteiger partial charge in [0, 0.05) is 21.9 Å². The van der Waals surface area contributed by atoms with Crippen LogP contribution in [0, 0.1) is 0 Å². The molecule has 1 heteroatoms. The summed E-state index contributed by atoms with van der Waals surface area (Å²) in [6, 6.07) is 74.3. The van der Waals surface area contributed by atoms with E-state index in [9.17, 15) is 0 Å². The fourth-order valence-corrected chi connectivity index (χ4v) is 10.4. The average molecular weight is 738 g/mol. The minimum Gasteiger partial charge on any atom is -0.309 e. The molecule has 1 nitrogen and oxygen atoms in total. The van der Waals surface area contributed by atoms with Crippen molar-refractivity contribution in [2.45, 2.75) is 19.3 Å². The van der Waals surface area contributed by atoms with Crippen molar-refractivity contribution in [1.29, 1.82) is 0 Å². The van der Waals surface area contributed by atoms with Crippen LogP contribution in [0.5, 0.6) is 0 Å². The number of rotatable bonds is 4. The number of aromatic nitrogens is 1. The van der Waals surface area contributed by atoms with Gasteiger partial charge in [0.1, 0.15) is 0 Å². The maximum absolute atomic E-state index is 2.42. The first kappa shape index (κ1) is 33.0. The standard InChI is InChI=1S/C57H39N/c1-57(2)51-35-39-16-4-3-15-38(39)34-50(51)49-26-14-25-42(56(49)57)36-29-31-37(32-30-36)54-45-21-5-7-23-47(45)55(48-24-8-6-22-46(48)54)40-17-13-18-41(33-40)58-52-27-11-9-19-43(52)44-20-10-12-28-53(44)58/h3-35H,1-2H3. The second-order valence-corrected chi connectivity index (χ2v) is 16.4. The molecule has 0 atom stereocenters. The van der Waals surface area contributed by atoms with Gasteiger partial charge in [-0.1, -0.05) is 178 Å². The second-order valence-electron chi connectivity index (χ2n) is 16.4. The lowest BCUT2D eigenvalue weighted by molar-refractivity contribution is 0.663. The molecule has 12 rings (SSSR count). The molecular formula is C57H39N. The van der Waals surface area contributed by atoms with Crippen LogP contribution in [0.1, 0.15) is 25.0 Å². The smallest absolute Gasteiger partial charge is 0.0541 e. The molecule has 58 heavy (non-hydrogen) atoms. The normalized spacial score (nSPS) is 13.1. The van der Waals surface area contributed by atoms with Crippen molar-refractivity contribution in [3.8, 4) is 50.2 Å². The van der Waals surface area contributed by atoms with Crippen LogP contribution in [-0.4, -0.2) is 4.57 Å². The summed E-state index contributed by atoms with van der Waals surface area (Å²) in [7, 11) is 0. The van der Waals surface area contributed by atoms with Crippen LogP contribution in [0.4, 0.5) is 0 Å². The summed E-state index contributed by atoms with van der Waals surface area (Å²) in [6.45, 7) is 4.78. The lowest BCUT2D eigenvalue weighted by atomic mass is 9.78. The van der Waals surface area contributed by atoms with Crippen LogP contribution >= 0.6 is 0 Å². The summed E-state index contributed by atoms with van der Waals surface area (Å²) in [4.78, 5) is 0. The maximum Gasteiger partial charge on any atom is 0.0541 e. The number of hydrogen-bond donors (Lipinski definition) is 0. The summed E-state index contributed by atoms with van der Waals surface area (Å²) in [5.41, 5.74) is 16.5. The van der Waals surface area contributed by atoms with Crippen LogP contribution < -0.4 is 0 Å². The van der Waals surface area contributed by atoms with E-state index in [1.165, 1.54) is 110 Å². The summed E-state index contributed by atoms with van der Waals surface area (Å²) < 4.78 is 2.42. The Bertz CT molecular complexity index is 3360. The van der Waals surface area contributed by atoms with Crippen LogP contribution in [0.15, 0.2) is 200 Å². The van der Waals surface area contributed by atoms with E-state index in [4.69, 9.17) is 0 Å². The quantitative estimate of drug-likeness (QED) is 0.159. The number of fused-ring (bicyclic) bond motifs is 9. The average Bonchev–Trinajstić information content (AvgIpc) is 3.73. The zero-order chi connectivity index (χ0) is 38.5. The summed E-state index contributed by atoms with van der Waals surface area (Å²) in [6.07, 6.45) is 0. The Labute approximate surface area is 338 Å². The van der Waals surface area contributed by atoms with Gasteiger partial charge in [0.2, 0.25) is 0 Å². The van der Waals surface area contributed by atoms with Gasteiger partial charge in [0.25, 0.3) is 0 Å². The van der Waals surface area contributed by atoms with E-state index in [-0.39, 0.29) is 5.41 Å². The van der Waals surface area contributed by atoms with E-state index in [0.717, 1.165) is 5.69 Å². The maximum atomic E-state index is 2.42. The van der Waals surface area contributed by atoms with Crippen molar-refractivity contribution in [2.75, 3.05) is 0 Å². The Morgan fingerprint density at radius 1 is 0.345 bits per heavy atom. The Balaban J connectivity index is 1.01. The fraction of sp³-hybridized carbons (Fsp3) is 0.0526. The van der Waals surface area contributed by atoms with Crippen LogP contribution in [0.3, 0.4) is 0 Å². The van der Waals surface area contributed by atoms with Crippen molar-refractivity contribution < 1.29 is 0 Å². The van der Waals surface area contributed by atoms with E-state index in [2.05, 4.69) is 219 Å². The van der Waals surface area contributed by atoms with E-state index in [1.807, 2.05) is 0 Å². The van der Waals surface area contributed by atoms with Gasteiger partial charge in [-0.25, -0.2) is 0 Å². The third-order valence-corrected chi connectivity index (χ3v) is 12.9. The molecule has 1 aliphatic rings. The lowest BCUT2D eigenvalue weighted by Crippen LogP contribution is -2.16. The summed E-state index contributed by atoms with van der Waals surface area (Å²) in [5, 5.41) is 10.2. The highest BCUT2D eigenvalue weighted by atomic mass is 15.0. The molecule has 0 radical (unpaired) electrons. The van der Waals surface area contributed by atoms with E-state index < -0.39 is 0 Å². The van der Waals surface area contributed by atoms with Gasteiger partial charge in [-0.3, -0.25) is 0 Å². The summed E-state index contributed by atoms with van der Waals surface area (Å²) in [5.74, 6) is 0. The number of benzene rings is 10. The van der Waals surface area contributed by atoms with Crippen molar-refractivity contribution in [3.63, 3.8) is 0 Å². The molecule has 0 N–H and O–H groups in total. The lowest BCUT2D eigenvalue weighted by Gasteiger charge is -2.25. The van der Waals surface area contributed by atoms with Crippen molar-refractivity contribution in [3.05, 3.63) is 211 Å². The van der Waals surface area contributed by atoms with E-state index in [1.54, 1.807) is 0 Å². The summed E-state index contributed by atoms with van der Waals surface area (Å²) >= 11 is 0. The van der Waals surface area contributed by atoms with E-state index in [0.29, 0.717) is 0 Å². The molecule has 1 aromatic heterocycles. The highest BCUT2D eigenvalue weighted by Crippen LogP contribution is 2.53. The highest BCUT2D eigenvalue weighted by Gasteiger charge is 2.37. The van der Waals surface area contributed by atoms with Gasteiger partial charge in [0.05, 0.1) is 11.0 Å². The molecule has 0 unspecified atom stereocenters. The first-order valence-corrected chi connectivity index (χ1v) is 20.3. The van der Waals surface area contributed by atoms with Gasteiger partial charge >= 0.3 is 0 Å². The molecule has 0 bridgehead atoms. The minimum absolute atomic E-state index is 0.120. The number of hydrogen-bond acceptors (Lipinski definition) is 0. The van der Waals surface area contributed by atoms with Crippen molar-refractivity contribution in [1.82, 2.24) is 4.57 Å². The predicted molar refractivity (Wildman–Crippen MR) is 247 cm³/mol. The molecule has 0 saturated heterocycles. The Morgan fingerprint density at radius 2 is 0.828 bits per heavy atom. The third-order valence-electron chi connectivity index (χ3n) is 12.9. The molecular weight excluding hydrogens is 699 g/mol.